The van der Waals surface area contributed by atoms with Crippen molar-refractivity contribution >= 4 is 0 Å². The van der Waals surface area contributed by atoms with Gasteiger partial charge in [0.15, 0.2) is 0 Å². The quantitative estimate of drug-likeness (QED) is 0.877. The summed E-state index contributed by atoms with van der Waals surface area (Å²) in [6, 6.07) is 3.67. The zero-order valence-electron chi connectivity index (χ0n) is 9.92. The number of pyridine rings is 1. The number of aliphatic hydroxyl groups excluding tert-OH is 1. The van der Waals surface area contributed by atoms with Crippen molar-refractivity contribution in [2.75, 3.05) is 0 Å². The molecule has 0 aliphatic carbocycles. The number of aryl methyl sites for hydroxylation is 1. The van der Waals surface area contributed by atoms with Gasteiger partial charge in [0.05, 0.1) is 0 Å². The van der Waals surface area contributed by atoms with Crippen LogP contribution in [0.25, 0.3) is 11.5 Å². The van der Waals surface area contributed by atoms with Gasteiger partial charge in [0.1, 0.15) is 6.10 Å². The third-order valence-corrected chi connectivity index (χ3v) is 2.45. The molecular weight excluding hydrogens is 218 g/mol. The van der Waals surface area contributed by atoms with Gasteiger partial charge in [-0.1, -0.05) is 18.5 Å². The summed E-state index contributed by atoms with van der Waals surface area (Å²) in [7, 11) is 0. The van der Waals surface area contributed by atoms with Gasteiger partial charge in [0.2, 0.25) is 5.82 Å². The summed E-state index contributed by atoms with van der Waals surface area (Å²) in [6.45, 7) is 3.89. The number of hydrogen-bond acceptors (Lipinski definition) is 5. The summed E-state index contributed by atoms with van der Waals surface area (Å²) in [5.41, 5.74) is 1.70. The third kappa shape index (κ3) is 2.68. The van der Waals surface area contributed by atoms with E-state index in [0.717, 1.165) is 17.7 Å². The van der Waals surface area contributed by atoms with E-state index in [9.17, 15) is 5.11 Å². The molecule has 1 N–H and O–H groups in total. The lowest BCUT2D eigenvalue weighted by atomic mass is 10.2. The van der Waals surface area contributed by atoms with E-state index in [0.29, 0.717) is 18.1 Å². The van der Waals surface area contributed by atoms with Gasteiger partial charge >= 0.3 is 0 Å². The van der Waals surface area contributed by atoms with Crippen molar-refractivity contribution in [2.24, 2.45) is 0 Å². The molecule has 0 saturated carbocycles. The summed E-state index contributed by atoms with van der Waals surface area (Å²) in [5, 5.41) is 13.5. The molecule has 0 aromatic carbocycles. The van der Waals surface area contributed by atoms with Gasteiger partial charge in [-0.3, -0.25) is 4.98 Å². The average Bonchev–Trinajstić information content (AvgIpc) is 2.78. The van der Waals surface area contributed by atoms with Crippen LogP contribution >= 0.6 is 0 Å². The zero-order valence-corrected chi connectivity index (χ0v) is 9.92. The Kier molecular flexibility index (Phi) is 3.49. The van der Waals surface area contributed by atoms with Gasteiger partial charge in [-0.05, 0) is 25.5 Å². The summed E-state index contributed by atoms with van der Waals surface area (Å²) in [5.74, 6) is 0.761. The lowest BCUT2D eigenvalue weighted by Crippen LogP contribution is -1.98. The molecule has 2 heterocycles. The standard InChI is InChI=1S/C12H15N3O2/c1-3-4-10(16)11-14-12(17-15-11)9-5-6-13-8(2)7-9/h5-7,10,16H,3-4H2,1-2H3. The second-order valence-corrected chi connectivity index (χ2v) is 3.95. The molecule has 0 fully saturated rings. The van der Waals surface area contributed by atoms with Crippen molar-refractivity contribution < 1.29 is 9.63 Å². The molecule has 2 aromatic heterocycles. The van der Waals surface area contributed by atoms with E-state index in [1.807, 2.05) is 19.9 Å². The van der Waals surface area contributed by atoms with E-state index in [1.54, 1.807) is 12.3 Å². The van der Waals surface area contributed by atoms with Crippen molar-refractivity contribution in [3.63, 3.8) is 0 Å². The molecule has 0 spiro atoms. The van der Waals surface area contributed by atoms with Crippen LogP contribution in [0.1, 0.15) is 37.4 Å². The molecular formula is C12H15N3O2. The summed E-state index contributed by atoms with van der Waals surface area (Å²) >= 11 is 0. The predicted octanol–water partition coefficient (Wildman–Crippen LogP) is 2.27. The van der Waals surface area contributed by atoms with Crippen LogP contribution in [-0.2, 0) is 0 Å². The monoisotopic (exact) mass is 233 g/mol. The minimum atomic E-state index is -0.652. The Balaban J connectivity index is 2.23. The van der Waals surface area contributed by atoms with Crippen LogP contribution in [-0.4, -0.2) is 20.2 Å². The highest BCUT2D eigenvalue weighted by atomic mass is 16.5. The van der Waals surface area contributed by atoms with Gasteiger partial charge in [-0.25, -0.2) is 0 Å². The SMILES string of the molecule is CCCC(O)c1noc(-c2ccnc(C)c2)n1. The first-order valence-corrected chi connectivity index (χ1v) is 5.65. The number of aromatic nitrogens is 3. The van der Waals surface area contributed by atoms with Gasteiger partial charge in [-0.2, -0.15) is 4.98 Å². The lowest BCUT2D eigenvalue weighted by Gasteiger charge is -2.01. The molecule has 1 unspecified atom stereocenters. The minimum absolute atomic E-state index is 0.344. The maximum Gasteiger partial charge on any atom is 0.258 e. The highest BCUT2D eigenvalue weighted by molar-refractivity contribution is 5.52. The Morgan fingerprint density at radius 1 is 1.47 bits per heavy atom. The maximum absolute atomic E-state index is 9.74. The average molecular weight is 233 g/mol. The van der Waals surface area contributed by atoms with Crippen LogP contribution in [0.15, 0.2) is 22.9 Å². The van der Waals surface area contributed by atoms with Crippen LogP contribution < -0.4 is 0 Å². The molecule has 2 rings (SSSR count). The van der Waals surface area contributed by atoms with Crippen molar-refractivity contribution in [3.05, 3.63) is 29.8 Å². The van der Waals surface area contributed by atoms with Crippen molar-refractivity contribution in [2.45, 2.75) is 32.8 Å². The van der Waals surface area contributed by atoms with E-state index in [2.05, 4.69) is 15.1 Å². The van der Waals surface area contributed by atoms with Gasteiger partial charge in [-0.15, -0.1) is 0 Å². The second kappa shape index (κ2) is 5.05. The highest BCUT2D eigenvalue weighted by Gasteiger charge is 2.15. The van der Waals surface area contributed by atoms with Crippen molar-refractivity contribution in [3.8, 4) is 11.5 Å². The molecule has 1 atom stereocenters. The van der Waals surface area contributed by atoms with E-state index >= 15 is 0 Å². The molecule has 2 aromatic rings. The Hall–Kier alpha value is -1.75. The minimum Gasteiger partial charge on any atom is -0.385 e. The largest absolute Gasteiger partial charge is 0.385 e. The van der Waals surface area contributed by atoms with Crippen LogP contribution in [0.2, 0.25) is 0 Å². The molecule has 0 bridgehead atoms. The Labute approximate surface area is 99.5 Å². The Morgan fingerprint density at radius 2 is 2.29 bits per heavy atom. The fourth-order valence-electron chi connectivity index (χ4n) is 1.57. The molecule has 5 heteroatoms. The molecule has 0 amide bonds. The fourth-order valence-corrected chi connectivity index (χ4v) is 1.57. The van der Waals surface area contributed by atoms with Gasteiger partial charge < -0.3 is 9.63 Å². The zero-order chi connectivity index (χ0) is 12.3. The van der Waals surface area contributed by atoms with Crippen LogP contribution in [0.5, 0.6) is 0 Å². The van der Waals surface area contributed by atoms with E-state index < -0.39 is 6.10 Å². The normalized spacial score (nSPS) is 12.6. The van der Waals surface area contributed by atoms with Crippen LogP contribution in [0.4, 0.5) is 0 Å². The first kappa shape index (κ1) is 11.7. The molecule has 17 heavy (non-hydrogen) atoms. The molecule has 0 aliphatic rings. The van der Waals surface area contributed by atoms with Gasteiger partial charge in [0.25, 0.3) is 5.89 Å². The van der Waals surface area contributed by atoms with Gasteiger partial charge in [0, 0.05) is 17.5 Å². The first-order valence-electron chi connectivity index (χ1n) is 5.65. The summed E-state index contributed by atoms with van der Waals surface area (Å²) in [4.78, 5) is 8.28. The van der Waals surface area contributed by atoms with Crippen molar-refractivity contribution in [1.82, 2.24) is 15.1 Å². The van der Waals surface area contributed by atoms with E-state index in [4.69, 9.17) is 4.52 Å². The number of rotatable bonds is 4. The first-order chi connectivity index (χ1) is 8.20. The summed E-state index contributed by atoms with van der Waals surface area (Å²) < 4.78 is 5.12. The molecule has 0 aliphatic heterocycles. The summed E-state index contributed by atoms with van der Waals surface area (Å²) in [6.07, 6.45) is 2.55. The number of hydrogen-bond donors (Lipinski definition) is 1. The van der Waals surface area contributed by atoms with E-state index in [1.165, 1.54) is 0 Å². The van der Waals surface area contributed by atoms with E-state index in [-0.39, 0.29) is 0 Å². The predicted molar refractivity (Wildman–Crippen MR) is 62.1 cm³/mol. The lowest BCUT2D eigenvalue weighted by molar-refractivity contribution is 0.153. The third-order valence-electron chi connectivity index (χ3n) is 2.45. The number of aliphatic hydroxyl groups is 1. The molecule has 0 saturated heterocycles. The second-order valence-electron chi connectivity index (χ2n) is 3.95. The molecule has 5 nitrogen and oxygen atoms in total. The van der Waals surface area contributed by atoms with Crippen LogP contribution in [0.3, 0.4) is 0 Å². The fraction of sp³-hybridized carbons (Fsp3) is 0.417. The number of nitrogens with zero attached hydrogens (tertiary/aromatic N) is 3. The smallest absolute Gasteiger partial charge is 0.258 e. The van der Waals surface area contributed by atoms with Crippen LogP contribution in [0, 0.1) is 6.92 Å². The highest BCUT2D eigenvalue weighted by Crippen LogP contribution is 2.21. The maximum atomic E-state index is 9.74. The molecule has 90 valence electrons. The Morgan fingerprint density at radius 3 is 3.00 bits per heavy atom. The topological polar surface area (TPSA) is 72.0 Å². The molecule has 0 radical (unpaired) electrons. The Bertz CT molecular complexity index is 496. The van der Waals surface area contributed by atoms with Crippen molar-refractivity contribution in [1.29, 1.82) is 0 Å².